The van der Waals surface area contributed by atoms with Crippen LogP contribution in [0.4, 0.5) is 13.2 Å². The first-order chi connectivity index (χ1) is 21.1. The normalized spacial score (nSPS) is 17.2. The van der Waals surface area contributed by atoms with Gasteiger partial charge in [-0.2, -0.15) is 13.2 Å². The van der Waals surface area contributed by atoms with E-state index in [2.05, 4.69) is 52.2 Å². The number of carboxylic acid groups (broad SMARTS) is 1. The Hall–Kier alpha value is -4.29. The van der Waals surface area contributed by atoms with E-state index in [4.69, 9.17) is 19.9 Å². The minimum Gasteiger partial charge on any atom is -0.475 e. The predicted octanol–water partition coefficient (Wildman–Crippen LogP) is 5.06. The molecular formula is C32H35F3N6O3. The van der Waals surface area contributed by atoms with Crippen LogP contribution in [0.5, 0.6) is 0 Å². The molecule has 2 aliphatic rings. The molecule has 1 aliphatic heterocycles. The number of nitrogens with zero attached hydrogens (tertiary/aromatic N) is 5. The lowest BCUT2D eigenvalue weighted by Gasteiger charge is -2.34. The monoisotopic (exact) mass is 608 g/mol. The lowest BCUT2D eigenvalue weighted by atomic mass is 9.91. The van der Waals surface area contributed by atoms with E-state index in [1.807, 2.05) is 41.4 Å². The van der Waals surface area contributed by atoms with Crippen molar-refractivity contribution in [3.8, 4) is 0 Å². The maximum absolute atomic E-state index is 13.5. The van der Waals surface area contributed by atoms with Gasteiger partial charge in [-0.15, -0.1) is 0 Å². The Bertz CT molecular complexity index is 1590. The highest BCUT2D eigenvalue weighted by atomic mass is 19.4. The van der Waals surface area contributed by atoms with Crippen molar-refractivity contribution in [1.29, 1.82) is 0 Å². The number of aromatic nitrogens is 3. The summed E-state index contributed by atoms with van der Waals surface area (Å²) in [5, 5.41) is 7.12. The van der Waals surface area contributed by atoms with Crippen LogP contribution in [0, 0.1) is 0 Å². The second-order valence-electron chi connectivity index (χ2n) is 11.1. The standard InChI is InChI=1S/C30H34N6O.C2HF3O2/c1-34(26-14-5-10-23-11-7-15-31-28(23)26)21-27-32-25-13-6-12-24(29(25)33-27)30(37)36-18-16-35(17-19-36)20-22-8-3-2-4-9-22;3-2(4,5)1(6)7/h2-4,6-9,11-13,15,26H,5,10,14,16-21H2,1H3,(H,32,33);(H,6,7). The van der Waals surface area contributed by atoms with Gasteiger partial charge in [0.05, 0.1) is 29.4 Å². The van der Waals surface area contributed by atoms with Gasteiger partial charge in [-0.25, -0.2) is 9.78 Å². The van der Waals surface area contributed by atoms with Gasteiger partial charge < -0.3 is 15.0 Å². The van der Waals surface area contributed by atoms with Crippen LogP contribution in [0.3, 0.4) is 0 Å². The van der Waals surface area contributed by atoms with Crippen LogP contribution in [0.2, 0.25) is 0 Å². The second-order valence-corrected chi connectivity index (χ2v) is 11.1. The number of hydrogen-bond donors (Lipinski definition) is 2. The summed E-state index contributed by atoms with van der Waals surface area (Å²) in [7, 11) is 2.14. The van der Waals surface area contributed by atoms with E-state index in [-0.39, 0.29) is 11.9 Å². The van der Waals surface area contributed by atoms with Crippen molar-refractivity contribution in [2.75, 3.05) is 33.2 Å². The molecule has 6 rings (SSSR count). The Morgan fingerprint density at radius 2 is 1.75 bits per heavy atom. The number of alkyl halides is 3. The van der Waals surface area contributed by atoms with Crippen LogP contribution in [0.1, 0.15) is 51.9 Å². The number of aromatic amines is 1. The first-order valence-electron chi connectivity index (χ1n) is 14.6. The van der Waals surface area contributed by atoms with Crippen LogP contribution >= 0.6 is 0 Å². The second kappa shape index (κ2) is 13.6. The largest absolute Gasteiger partial charge is 0.490 e. The summed E-state index contributed by atoms with van der Waals surface area (Å²) in [6.07, 6.45) is 0.182. The van der Waals surface area contributed by atoms with E-state index in [9.17, 15) is 18.0 Å². The third-order valence-corrected chi connectivity index (χ3v) is 8.04. The molecule has 2 N–H and O–H groups in total. The number of carbonyl (C=O) groups excluding carboxylic acids is 1. The number of rotatable bonds is 6. The first-order valence-corrected chi connectivity index (χ1v) is 14.6. The Labute approximate surface area is 253 Å². The van der Waals surface area contributed by atoms with Crippen molar-refractivity contribution >= 4 is 22.9 Å². The molecule has 9 nitrogen and oxygen atoms in total. The highest BCUT2D eigenvalue weighted by molar-refractivity contribution is 6.05. The number of imidazole rings is 1. The summed E-state index contributed by atoms with van der Waals surface area (Å²) in [4.78, 5) is 42.2. The van der Waals surface area contributed by atoms with E-state index in [1.165, 1.54) is 23.2 Å². The number of aryl methyl sites for hydroxylation is 1. The van der Waals surface area contributed by atoms with E-state index in [0.717, 1.165) is 62.4 Å². The van der Waals surface area contributed by atoms with Crippen molar-refractivity contribution in [1.82, 2.24) is 29.7 Å². The molecule has 1 atom stereocenters. The van der Waals surface area contributed by atoms with Crippen molar-refractivity contribution in [3.05, 3.63) is 95.1 Å². The van der Waals surface area contributed by atoms with Gasteiger partial charge in [-0.05, 0) is 55.6 Å². The molecule has 2 aromatic heterocycles. The molecule has 3 heterocycles. The quantitative estimate of drug-likeness (QED) is 0.315. The third-order valence-electron chi connectivity index (χ3n) is 8.04. The summed E-state index contributed by atoms with van der Waals surface area (Å²) in [6.45, 7) is 4.83. The van der Waals surface area contributed by atoms with Crippen molar-refractivity contribution < 1.29 is 27.9 Å². The van der Waals surface area contributed by atoms with Crippen molar-refractivity contribution in [2.45, 2.75) is 44.6 Å². The van der Waals surface area contributed by atoms with Gasteiger partial charge in [-0.1, -0.05) is 42.5 Å². The summed E-state index contributed by atoms with van der Waals surface area (Å²) >= 11 is 0. The number of pyridine rings is 1. The predicted molar refractivity (Wildman–Crippen MR) is 159 cm³/mol. The average Bonchev–Trinajstić information content (AvgIpc) is 3.44. The zero-order chi connectivity index (χ0) is 31.3. The van der Waals surface area contributed by atoms with Crippen LogP contribution in [0.25, 0.3) is 11.0 Å². The van der Waals surface area contributed by atoms with Gasteiger partial charge >= 0.3 is 12.1 Å². The third kappa shape index (κ3) is 7.43. The van der Waals surface area contributed by atoms with Gasteiger partial charge in [0.2, 0.25) is 0 Å². The number of piperazine rings is 1. The molecule has 2 aromatic carbocycles. The Kier molecular flexibility index (Phi) is 9.60. The molecule has 4 aromatic rings. The lowest BCUT2D eigenvalue weighted by Crippen LogP contribution is -2.48. The Morgan fingerprint density at radius 1 is 1.02 bits per heavy atom. The van der Waals surface area contributed by atoms with Crippen LogP contribution in [-0.2, 0) is 24.3 Å². The number of halogens is 3. The van der Waals surface area contributed by atoms with E-state index >= 15 is 0 Å². The average molecular weight is 609 g/mol. The number of carbonyl (C=O) groups is 2. The van der Waals surface area contributed by atoms with E-state index in [0.29, 0.717) is 12.1 Å². The molecule has 232 valence electrons. The van der Waals surface area contributed by atoms with Gasteiger partial charge in [-0.3, -0.25) is 19.6 Å². The molecule has 1 fully saturated rings. The van der Waals surface area contributed by atoms with Gasteiger partial charge in [0.1, 0.15) is 11.3 Å². The Balaban J connectivity index is 0.000000493. The van der Waals surface area contributed by atoms with Crippen molar-refractivity contribution in [3.63, 3.8) is 0 Å². The van der Waals surface area contributed by atoms with Crippen LogP contribution in [0.15, 0.2) is 66.9 Å². The van der Waals surface area contributed by atoms with Crippen LogP contribution in [-0.4, -0.2) is 86.0 Å². The topological polar surface area (TPSA) is 106 Å². The Morgan fingerprint density at radius 3 is 2.45 bits per heavy atom. The zero-order valence-electron chi connectivity index (χ0n) is 24.4. The number of aliphatic carboxylic acids is 1. The minimum absolute atomic E-state index is 0.0711. The maximum atomic E-state index is 13.5. The highest BCUT2D eigenvalue weighted by Crippen LogP contribution is 2.32. The molecular weight excluding hydrogens is 573 g/mol. The number of para-hydroxylation sites is 1. The van der Waals surface area contributed by atoms with Crippen molar-refractivity contribution in [2.24, 2.45) is 0 Å². The maximum Gasteiger partial charge on any atom is 0.490 e. The molecule has 1 aliphatic carbocycles. The number of amides is 1. The molecule has 0 spiro atoms. The molecule has 0 saturated carbocycles. The summed E-state index contributed by atoms with van der Waals surface area (Å²) in [5.41, 5.74) is 6.22. The smallest absolute Gasteiger partial charge is 0.475 e. The first kappa shape index (κ1) is 31.1. The van der Waals surface area contributed by atoms with Gasteiger partial charge in [0.15, 0.2) is 0 Å². The fraction of sp³-hybridized carbons (Fsp3) is 0.375. The molecule has 44 heavy (non-hydrogen) atoms. The molecule has 1 unspecified atom stereocenters. The van der Waals surface area contributed by atoms with Gasteiger partial charge in [0, 0.05) is 38.9 Å². The number of H-pyrrole nitrogens is 1. The number of benzene rings is 2. The fourth-order valence-corrected chi connectivity index (χ4v) is 5.81. The van der Waals surface area contributed by atoms with Gasteiger partial charge in [0.25, 0.3) is 5.91 Å². The fourth-order valence-electron chi connectivity index (χ4n) is 5.81. The number of hydrogen-bond acceptors (Lipinski definition) is 6. The number of carboxylic acids is 1. The van der Waals surface area contributed by atoms with E-state index in [1.54, 1.807) is 0 Å². The lowest BCUT2D eigenvalue weighted by molar-refractivity contribution is -0.192. The summed E-state index contributed by atoms with van der Waals surface area (Å²) in [5.74, 6) is -1.80. The summed E-state index contributed by atoms with van der Waals surface area (Å²) < 4.78 is 31.7. The van der Waals surface area contributed by atoms with Crippen LogP contribution < -0.4 is 0 Å². The number of nitrogens with one attached hydrogen (secondary N) is 1. The van der Waals surface area contributed by atoms with E-state index < -0.39 is 12.1 Å². The molecule has 0 radical (unpaired) electrons. The molecule has 12 heteroatoms. The molecule has 1 amide bonds. The zero-order valence-corrected chi connectivity index (χ0v) is 24.4. The minimum atomic E-state index is -5.08. The molecule has 0 bridgehead atoms. The summed E-state index contributed by atoms with van der Waals surface area (Å²) in [6, 6.07) is 20.9. The number of fused-ring (bicyclic) bond motifs is 2. The SMILES string of the molecule is CN(Cc1nc2c(C(=O)N3CCN(Cc4ccccc4)CC3)cccc2[nH]1)C1CCCc2cccnc21.O=C(O)C(F)(F)F. The highest BCUT2D eigenvalue weighted by Gasteiger charge is 2.38. The molecule has 1 saturated heterocycles.